The topological polar surface area (TPSA) is 17.1 Å². The van der Waals surface area contributed by atoms with Crippen molar-refractivity contribution in [3.8, 4) is 0 Å². The summed E-state index contributed by atoms with van der Waals surface area (Å²) in [5.74, 6) is 0.961. The minimum Gasteiger partial charge on any atom is -0.290 e. The van der Waals surface area contributed by atoms with Crippen LogP contribution in [0.5, 0.6) is 0 Å². The Morgan fingerprint density at radius 3 is 2.78 bits per heavy atom. The van der Waals surface area contributed by atoms with Crippen molar-refractivity contribution in [1.82, 2.24) is 0 Å². The molecule has 0 heterocycles. The molecule has 1 heteroatoms. The summed E-state index contributed by atoms with van der Waals surface area (Å²) >= 11 is 0. The highest BCUT2D eigenvalue weighted by Gasteiger charge is 2.31. The average molecular weight is 310 g/mol. The molecule has 0 aromatic carbocycles. The minimum atomic E-state index is 0.127. The van der Waals surface area contributed by atoms with E-state index in [-0.39, 0.29) is 5.78 Å². The predicted molar refractivity (Wildman–Crippen MR) is 99.2 cm³/mol. The number of rotatable bonds is 6. The molecule has 1 nitrogen and oxygen atoms in total. The first kappa shape index (κ1) is 17.7. The van der Waals surface area contributed by atoms with E-state index < -0.39 is 0 Å². The van der Waals surface area contributed by atoms with E-state index in [0.717, 1.165) is 44.1 Å². The standard InChI is InChI=1S/C22H30O/c1-16(2)7-5-8-17(3)9-6-10-19-11-12-20-13-14-22(23)18(4)21(20)15-19/h7,9,11,13-14,20-21H,4-6,8,10,12,15H2,1-3H3/b17-9+. The average Bonchev–Trinajstić information content (AvgIpc) is 2.51. The quantitative estimate of drug-likeness (QED) is 0.427. The van der Waals surface area contributed by atoms with Gasteiger partial charge in [-0.25, -0.2) is 0 Å². The number of carbonyl (C=O) groups excluding carboxylic acids is 1. The van der Waals surface area contributed by atoms with Gasteiger partial charge >= 0.3 is 0 Å². The Morgan fingerprint density at radius 2 is 2.04 bits per heavy atom. The molecule has 23 heavy (non-hydrogen) atoms. The lowest BCUT2D eigenvalue weighted by Gasteiger charge is -2.32. The summed E-state index contributed by atoms with van der Waals surface area (Å²) in [6.45, 7) is 10.6. The highest BCUT2D eigenvalue weighted by molar-refractivity contribution is 6.04. The van der Waals surface area contributed by atoms with Gasteiger partial charge in [0.25, 0.3) is 0 Å². The van der Waals surface area contributed by atoms with Crippen LogP contribution in [0.3, 0.4) is 0 Å². The van der Waals surface area contributed by atoms with Gasteiger partial charge in [-0.3, -0.25) is 4.79 Å². The molecule has 0 fully saturated rings. The van der Waals surface area contributed by atoms with Crippen LogP contribution in [0.25, 0.3) is 0 Å². The van der Waals surface area contributed by atoms with E-state index in [0.29, 0.717) is 11.8 Å². The molecule has 2 atom stereocenters. The molecule has 2 rings (SSSR count). The van der Waals surface area contributed by atoms with Crippen LogP contribution >= 0.6 is 0 Å². The van der Waals surface area contributed by atoms with Gasteiger partial charge in [-0.1, -0.05) is 47.6 Å². The number of carbonyl (C=O) groups is 1. The van der Waals surface area contributed by atoms with Crippen molar-refractivity contribution in [3.63, 3.8) is 0 Å². The molecule has 0 saturated heterocycles. The Morgan fingerprint density at radius 1 is 1.26 bits per heavy atom. The zero-order chi connectivity index (χ0) is 16.8. The first-order valence-corrected chi connectivity index (χ1v) is 8.85. The summed E-state index contributed by atoms with van der Waals surface area (Å²) in [4.78, 5) is 11.8. The predicted octanol–water partition coefficient (Wildman–Crippen LogP) is 6.11. The van der Waals surface area contributed by atoms with Gasteiger partial charge in [0.15, 0.2) is 5.78 Å². The molecule has 0 N–H and O–H groups in total. The summed E-state index contributed by atoms with van der Waals surface area (Å²) in [6.07, 6.45) is 17.5. The lowest BCUT2D eigenvalue weighted by atomic mass is 9.71. The smallest absolute Gasteiger partial charge is 0.181 e. The number of fused-ring (bicyclic) bond motifs is 1. The van der Waals surface area contributed by atoms with Crippen molar-refractivity contribution in [2.45, 2.75) is 59.3 Å². The molecule has 2 unspecified atom stereocenters. The first-order chi connectivity index (χ1) is 11.0. The van der Waals surface area contributed by atoms with Crippen LogP contribution in [-0.2, 0) is 4.79 Å². The number of hydrogen-bond acceptors (Lipinski definition) is 1. The maximum Gasteiger partial charge on any atom is 0.181 e. The SMILES string of the molecule is C=C1C(=O)C=CC2CC=C(CC/C=C(\C)CCC=C(C)C)CC12. The van der Waals surface area contributed by atoms with Crippen molar-refractivity contribution >= 4 is 5.78 Å². The Kier molecular flexibility index (Phi) is 6.38. The molecule has 2 aliphatic rings. The molecular formula is C22H30O. The van der Waals surface area contributed by atoms with Gasteiger partial charge < -0.3 is 0 Å². The van der Waals surface area contributed by atoms with Crippen molar-refractivity contribution in [2.24, 2.45) is 11.8 Å². The summed E-state index contributed by atoms with van der Waals surface area (Å²) < 4.78 is 0. The third-order valence-electron chi connectivity index (χ3n) is 4.99. The minimum absolute atomic E-state index is 0.127. The van der Waals surface area contributed by atoms with Crippen LogP contribution < -0.4 is 0 Å². The third kappa shape index (κ3) is 5.20. The van der Waals surface area contributed by atoms with Crippen molar-refractivity contribution in [1.29, 1.82) is 0 Å². The van der Waals surface area contributed by atoms with Crippen LogP contribution in [0.15, 0.2) is 59.3 Å². The van der Waals surface area contributed by atoms with Gasteiger partial charge in [0.1, 0.15) is 0 Å². The van der Waals surface area contributed by atoms with E-state index in [1.165, 1.54) is 16.7 Å². The zero-order valence-electron chi connectivity index (χ0n) is 14.9. The van der Waals surface area contributed by atoms with Crippen LogP contribution in [-0.4, -0.2) is 5.78 Å². The Hall–Kier alpha value is -1.63. The normalized spacial score (nSPS) is 24.3. The van der Waals surface area contributed by atoms with Gasteiger partial charge in [0.2, 0.25) is 0 Å². The molecule has 2 aliphatic carbocycles. The van der Waals surface area contributed by atoms with Crippen molar-refractivity contribution in [2.75, 3.05) is 0 Å². The number of allylic oxidation sites excluding steroid dienone is 9. The molecule has 0 aromatic rings. The van der Waals surface area contributed by atoms with E-state index in [9.17, 15) is 4.79 Å². The lowest BCUT2D eigenvalue weighted by molar-refractivity contribution is -0.112. The fraction of sp³-hybridized carbons (Fsp3) is 0.500. The van der Waals surface area contributed by atoms with Gasteiger partial charge in [-0.05, 0) is 82.8 Å². The second-order valence-electron chi connectivity index (χ2n) is 7.23. The largest absolute Gasteiger partial charge is 0.290 e. The van der Waals surface area contributed by atoms with E-state index >= 15 is 0 Å². The number of hydrogen-bond donors (Lipinski definition) is 0. The van der Waals surface area contributed by atoms with Crippen LogP contribution in [0.2, 0.25) is 0 Å². The summed E-state index contributed by atoms with van der Waals surface area (Å²) in [5, 5.41) is 0. The Labute approximate surface area is 141 Å². The van der Waals surface area contributed by atoms with Gasteiger partial charge in [-0.2, -0.15) is 0 Å². The van der Waals surface area contributed by atoms with Crippen LogP contribution in [0.1, 0.15) is 59.3 Å². The summed E-state index contributed by atoms with van der Waals surface area (Å²) in [6, 6.07) is 0. The van der Waals surface area contributed by atoms with E-state index in [4.69, 9.17) is 0 Å². The van der Waals surface area contributed by atoms with Crippen molar-refractivity contribution < 1.29 is 4.79 Å². The summed E-state index contributed by atoms with van der Waals surface area (Å²) in [5.41, 5.74) is 5.20. The van der Waals surface area contributed by atoms with Crippen LogP contribution in [0, 0.1) is 11.8 Å². The molecule has 0 aliphatic heterocycles. The molecule has 0 spiro atoms. The zero-order valence-corrected chi connectivity index (χ0v) is 14.9. The first-order valence-electron chi connectivity index (χ1n) is 8.85. The Balaban J connectivity index is 1.82. The number of ketones is 1. The maximum atomic E-state index is 11.8. The molecule has 0 aromatic heterocycles. The van der Waals surface area contributed by atoms with Gasteiger partial charge in [0, 0.05) is 0 Å². The lowest BCUT2D eigenvalue weighted by Crippen LogP contribution is -2.26. The van der Waals surface area contributed by atoms with E-state index in [1.807, 2.05) is 0 Å². The molecular weight excluding hydrogens is 280 g/mol. The maximum absolute atomic E-state index is 11.8. The molecule has 0 amide bonds. The molecule has 0 bridgehead atoms. The highest BCUT2D eigenvalue weighted by Crippen LogP contribution is 2.39. The molecule has 124 valence electrons. The fourth-order valence-electron chi connectivity index (χ4n) is 3.48. The second kappa shape index (κ2) is 8.29. The van der Waals surface area contributed by atoms with E-state index in [1.54, 1.807) is 6.08 Å². The van der Waals surface area contributed by atoms with Gasteiger partial charge in [0.05, 0.1) is 0 Å². The monoisotopic (exact) mass is 310 g/mol. The Bertz CT molecular complexity index is 579. The fourth-order valence-corrected chi connectivity index (χ4v) is 3.48. The van der Waals surface area contributed by atoms with Crippen LogP contribution in [0.4, 0.5) is 0 Å². The molecule has 0 saturated carbocycles. The molecule has 0 radical (unpaired) electrons. The van der Waals surface area contributed by atoms with Crippen molar-refractivity contribution in [3.05, 3.63) is 59.3 Å². The van der Waals surface area contributed by atoms with E-state index in [2.05, 4.69) is 51.7 Å². The third-order valence-corrected chi connectivity index (χ3v) is 4.99. The highest BCUT2D eigenvalue weighted by atomic mass is 16.1. The summed E-state index contributed by atoms with van der Waals surface area (Å²) in [7, 11) is 0. The second-order valence-corrected chi connectivity index (χ2v) is 7.23. The van der Waals surface area contributed by atoms with Gasteiger partial charge in [-0.15, -0.1) is 0 Å².